The summed E-state index contributed by atoms with van der Waals surface area (Å²) in [6.45, 7) is 3.62. The van der Waals surface area contributed by atoms with Crippen LogP contribution in [0.4, 0.5) is 5.69 Å². The third-order valence-electron chi connectivity index (χ3n) is 3.48. The van der Waals surface area contributed by atoms with Crippen LogP contribution < -0.4 is 4.90 Å². The largest absolute Gasteiger partial charge is 0.388 e. The van der Waals surface area contributed by atoms with Crippen LogP contribution in [0.15, 0.2) is 24.3 Å². The first-order valence-electron chi connectivity index (χ1n) is 6.71. The van der Waals surface area contributed by atoms with Gasteiger partial charge in [0.2, 0.25) is 0 Å². The number of anilines is 1. The fourth-order valence-corrected chi connectivity index (χ4v) is 2.25. The number of aliphatic hydroxyl groups is 1. The number of rotatable bonds is 6. The summed E-state index contributed by atoms with van der Waals surface area (Å²) in [5, 5.41) is 10.1. The maximum absolute atomic E-state index is 10.1. The van der Waals surface area contributed by atoms with Gasteiger partial charge < -0.3 is 10.0 Å². The third-order valence-corrected chi connectivity index (χ3v) is 3.48. The van der Waals surface area contributed by atoms with Gasteiger partial charge in [0.15, 0.2) is 0 Å². The number of terminal acetylenes is 1. The highest BCUT2D eigenvalue weighted by atomic mass is 16.3. The van der Waals surface area contributed by atoms with Gasteiger partial charge in [-0.1, -0.05) is 31.0 Å². The summed E-state index contributed by atoms with van der Waals surface area (Å²) in [5.41, 5.74) is 2.09. The predicted octanol–water partition coefficient (Wildman–Crippen LogP) is 2.98. The number of aliphatic hydroxyl groups excluding tert-OH is 1. The number of benzene rings is 1. The SMILES string of the molecule is C#CCN(CC1CC1)c1ccccc1[C@@H](O)CC. The van der Waals surface area contributed by atoms with Crippen LogP contribution in [0.5, 0.6) is 0 Å². The molecule has 2 rings (SSSR count). The van der Waals surface area contributed by atoms with Crippen molar-refractivity contribution in [1.82, 2.24) is 0 Å². The Morgan fingerprint density at radius 3 is 2.78 bits per heavy atom. The van der Waals surface area contributed by atoms with Gasteiger partial charge >= 0.3 is 0 Å². The standard InChI is InChI=1S/C16H21NO/c1-3-11-17(12-13-9-10-13)15-8-6-5-7-14(15)16(18)4-2/h1,5-8,13,16,18H,4,9-12H2,2H3/t16-/m0/s1. The molecule has 1 aliphatic rings. The predicted molar refractivity (Wildman–Crippen MR) is 75.5 cm³/mol. The summed E-state index contributed by atoms with van der Waals surface area (Å²) < 4.78 is 0. The molecule has 0 unspecified atom stereocenters. The second-order valence-electron chi connectivity index (χ2n) is 5.01. The van der Waals surface area contributed by atoms with Crippen molar-refractivity contribution >= 4 is 5.69 Å². The maximum atomic E-state index is 10.1. The van der Waals surface area contributed by atoms with Gasteiger partial charge in [0.05, 0.1) is 12.6 Å². The highest BCUT2D eigenvalue weighted by molar-refractivity contribution is 5.55. The summed E-state index contributed by atoms with van der Waals surface area (Å²) in [6, 6.07) is 8.05. The second-order valence-corrected chi connectivity index (χ2v) is 5.01. The average molecular weight is 243 g/mol. The molecule has 0 amide bonds. The van der Waals surface area contributed by atoms with E-state index in [1.165, 1.54) is 12.8 Å². The van der Waals surface area contributed by atoms with Gasteiger partial charge in [-0.2, -0.15) is 0 Å². The molecular weight excluding hydrogens is 222 g/mol. The van der Waals surface area contributed by atoms with Crippen molar-refractivity contribution in [2.24, 2.45) is 5.92 Å². The molecule has 1 fully saturated rings. The lowest BCUT2D eigenvalue weighted by molar-refractivity contribution is 0.174. The number of para-hydroxylation sites is 1. The fourth-order valence-electron chi connectivity index (χ4n) is 2.25. The zero-order chi connectivity index (χ0) is 13.0. The zero-order valence-corrected chi connectivity index (χ0v) is 11.0. The van der Waals surface area contributed by atoms with Gasteiger partial charge in [-0.3, -0.25) is 0 Å². The van der Waals surface area contributed by atoms with Crippen molar-refractivity contribution in [2.45, 2.75) is 32.3 Å². The number of nitrogens with zero attached hydrogens (tertiary/aromatic N) is 1. The van der Waals surface area contributed by atoms with E-state index in [0.29, 0.717) is 6.54 Å². The normalized spacial score (nSPS) is 16.1. The Hall–Kier alpha value is -1.46. The molecule has 96 valence electrons. The van der Waals surface area contributed by atoms with Crippen molar-refractivity contribution in [3.05, 3.63) is 29.8 Å². The third kappa shape index (κ3) is 3.05. The van der Waals surface area contributed by atoms with Crippen molar-refractivity contribution in [3.63, 3.8) is 0 Å². The lowest BCUT2D eigenvalue weighted by Gasteiger charge is -2.26. The zero-order valence-electron chi connectivity index (χ0n) is 11.0. The molecule has 2 heteroatoms. The summed E-state index contributed by atoms with van der Waals surface area (Å²) >= 11 is 0. The molecule has 1 aliphatic carbocycles. The van der Waals surface area contributed by atoms with Crippen LogP contribution >= 0.6 is 0 Å². The first-order valence-corrected chi connectivity index (χ1v) is 6.71. The molecule has 0 saturated heterocycles. The molecule has 0 spiro atoms. The van der Waals surface area contributed by atoms with Gasteiger partial charge in [-0.05, 0) is 31.2 Å². The Morgan fingerprint density at radius 2 is 2.17 bits per heavy atom. The molecule has 0 aliphatic heterocycles. The summed E-state index contributed by atoms with van der Waals surface area (Å²) in [6.07, 6.45) is 8.40. The molecule has 2 nitrogen and oxygen atoms in total. The van der Waals surface area contributed by atoms with Gasteiger partial charge in [-0.25, -0.2) is 0 Å². The van der Waals surface area contributed by atoms with Crippen LogP contribution in [0.3, 0.4) is 0 Å². The van der Waals surface area contributed by atoms with Gasteiger partial charge in [0.1, 0.15) is 0 Å². The van der Waals surface area contributed by atoms with E-state index in [0.717, 1.165) is 30.1 Å². The molecule has 1 aromatic rings. The van der Waals surface area contributed by atoms with Gasteiger partial charge in [-0.15, -0.1) is 6.42 Å². The molecule has 0 bridgehead atoms. The van der Waals surface area contributed by atoms with Crippen LogP contribution in [0, 0.1) is 18.3 Å². The van der Waals surface area contributed by atoms with Crippen LogP contribution in [-0.2, 0) is 0 Å². The fraction of sp³-hybridized carbons (Fsp3) is 0.500. The molecule has 1 N–H and O–H groups in total. The van der Waals surface area contributed by atoms with Crippen molar-refractivity contribution in [3.8, 4) is 12.3 Å². The number of hydrogen-bond donors (Lipinski definition) is 1. The minimum Gasteiger partial charge on any atom is -0.388 e. The summed E-state index contributed by atoms with van der Waals surface area (Å²) in [4.78, 5) is 2.23. The molecule has 1 atom stereocenters. The van der Waals surface area contributed by atoms with Gasteiger partial charge in [0.25, 0.3) is 0 Å². The molecule has 18 heavy (non-hydrogen) atoms. The minimum atomic E-state index is -0.402. The summed E-state index contributed by atoms with van der Waals surface area (Å²) in [5.74, 6) is 3.51. The first kappa shape index (κ1) is 13.0. The number of hydrogen-bond acceptors (Lipinski definition) is 2. The van der Waals surface area contributed by atoms with E-state index in [-0.39, 0.29) is 0 Å². The van der Waals surface area contributed by atoms with Gasteiger partial charge in [0, 0.05) is 17.8 Å². The van der Waals surface area contributed by atoms with Crippen LogP contribution in [0.25, 0.3) is 0 Å². The van der Waals surface area contributed by atoms with Crippen molar-refractivity contribution in [2.75, 3.05) is 18.0 Å². The Morgan fingerprint density at radius 1 is 1.44 bits per heavy atom. The monoisotopic (exact) mass is 243 g/mol. The maximum Gasteiger partial charge on any atom is 0.0807 e. The minimum absolute atomic E-state index is 0.402. The van der Waals surface area contributed by atoms with Crippen molar-refractivity contribution in [1.29, 1.82) is 0 Å². The van der Waals surface area contributed by atoms with Crippen LogP contribution in [0.2, 0.25) is 0 Å². The average Bonchev–Trinajstić information content (AvgIpc) is 3.21. The Bertz CT molecular complexity index is 431. The molecule has 0 aromatic heterocycles. The lowest BCUT2D eigenvalue weighted by atomic mass is 10.0. The van der Waals surface area contributed by atoms with Crippen molar-refractivity contribution < 1.29 is 5.11 Å². The Balaban J connectivity index is 2.24. The highest BCUT2D eigenvalue weighted by Gasteiger charge is 2.25. The smallest absolute Gasteiger partial charge is 0.0807 e. The molecule has 0 radical (unpaired) electrons. The molecule has 1 saturated carbocycles. The van der Waals surface area contributed by atoms with E-state index in [1.54, 1.807) is 0 Å². The first-order chi connectivity index (χ1) is 8.76. The molecule has 0 heterocycles. The van der Waals surface area contributed by atoms with E-state index in [9.17, 15) is 5.11 Å². The summed E-state index contributed by atoms with van der Waals surface area (Å²) in [7, 11) is 0. The Kier molecular flexibility index (Phi) is 4.28. The topological polar surface area (TPSA) is 23.5 Å². The lowest BCUT2D eigenvalue weighted by Crippen LogP contribution is -2.27. The second kappa shape index (κ2) is 5.93. The van der Waals surface area contributed by atoms with E-state index >= 15 is 0 Å². The highest BCUT2D eigenvalue weighted by Crippen LogP contribution is 2.34. The molecule has 1 aromatic carbocycles. The van der Waals surface area contributed by atoms with E-state index < -0.39 is 6.10 Å². The van der Waals surface area contributed by atoms with E-state index in [1.807, 2.05) is 25.1 Å². The van der Waals surface area contributed by atoms with E-state index in [2.05, 4.69) is 16.9 Å². The van der Waals surface area contributed by atoms with Crippen LogP contribution in [-0.4, -0.2) is 18.2 Å². The Labute approximate surface area is 110 Å². The molecular formula is C16H21NO. The quantitative estimate of drug-likeness (QED) is 0.776. The van der Waals surface area contributed by atoms with Crippen LogP contribution in [0.1, 0.15) is 37.9 Å². The van der Waals surface area contributed by atoms with E-state index in [4.69, 9.17) is 6.42 Å².